The molecule has 5 rings (SSSR count). The van der Waals surface area contributed by atoms with Gasteiger partial charge in [0.25, 0.3) is 0 Å². The third-order valence-corrected chi connectivity index (χ3v) is 8.00. The fraction of sp³-hybridized carbons (Fsp3) is 0.308. The van der Waals surface area contributed by atoms with Crippen molar-refractivity contribution in [1.82, 2.24) is 9.88 Å². The Morgan fingerprint density at radius 2 is 1.84 bits per heavy atom. The van der Waals surface area contributed by atoms with Gasteiger partial charge in [0, 0.05) is 43.0 Å². The Kier molecular flexibility index (Phi) is 7.35. The molecule has 6 heteroatoms. The van der Waals surface area contributed by atoms with Crippen LogP contribution in [0.4, 0.5) is 5.00 Å². The zero-order valence-corrected chi connectivity index (χ0v) is 20.4. The lowest BCUT2D eigenvalue weighted by molar-refractivity contribution is -0.107. The van der Waals surface area contributed by atoms with E-state index in [-0.39, 0.29) is 0 Å². The molecule has 1 aliphatic heterocycles. The summed E-state index contributed by atoms with van der Waals surface area (Å²) in [5, 5.41) is 5.83. The maximum atomic E-state index is 9.97. The SMILES string of the molecule is CNc1sc2c(c1-c1nc3ccccc3s1)CCN(C(C)C)C2.O=CCc1ccccc1. The van der Waals surface area contributed by atoms with Gasteiger partial charge in [0.2, 0.25) is 0 Å². The first-order chi connectivity index (χ1) is 15.6. The van der Waals surface area contributed by atoms with Crippen molar-refractivity contribution in [3.05, 3.63) is 70.6 Å². The van der Waals surface area contributed by atoms with Crippen LogP contribution in [0.15, 0.2) is 54.6 Å². The minimum absolute atomic E-state index is 0.529. The molecule has 2 aromatic heterocycles. The van der Waals surface area contributed by atoms with E-state index in [9.17, 15) is 4.79 Å². The van der Waals surface area contributed by atoms with Crippen LogP contribution in [0.2, 0.25) is 0 Å². The highest BCUT2D eigenvalue weighted by Crippen LogP contribution is 2.45. The molecular formula is C26H29N3OS2. The number of nitrogens with zero attached hydrogens (tertiary/aromatic N) is 2. The summed E-state index contributed by atoms with van der Waals surface area (Å²) >= 11 is 3.71. The summed E-state index contributed by atoms with van der Waals surface area (Å²) in [6.07, 6.45) is 2.56. The topological polar surface area (TPSA) is 45.2 Å². The predicted octanol–water partition coefficient (Wildman–Crippen LogP) is 6.26. The molecule has 0 spiro atoms. The molecule has 0 amide bonds. The van der Waals surface area contributed by atoms with Crippen molar-refractivity contribution < 1.29 is 4.79 Å². The van der Waals surface area contributed by atoms with Crippen LogP contribution in [0.25, 0.3) is 20.8 Å². The molecule has 3 heterocycles. The van der Waals surface area contributed by atoms with Crippen LogP contribution in [0.3, 0.4) is 0 Å². The average molecular weight is 464 g/mol. The number of benzene rings is 2. The standard InChI is InChI=1S/C18H21N3S2.C8H8O/c1-11(2)21-9-8-12-15(10-21)23-17(19-3)16(12)18-20-13-6-4-5-7-14(13)22-18;9-7-6-8-4-2-1-3-5-8/h4-7,11,19H,8-10H2,1-3H3;1-5,7H,6H2. The Morgan fingerprint density at radius 1 is 1.09 bits per heavy atom. The number of thiophene rings is 1. The molecule has 1 N–H and O–H groups in total. The van der Waals surface area contributed by atoms with Crippen molar-refractivity contribution in [1.29, 1.82) is 0 Å². The van der Waals surface area contributed by atoms with Crippen molar-refractivity contribution >= 4 is 44.2 Å². The normalized spacial score (nSPS) is 13.5. The molecule has 4 aromatic rings. The molecule has 0 aliphatic carbocycles. The van der Waals surface area contributed by atoms with Gasteiger partial charge in [0.05, 0.1) is 15.2 Å². The van der Waals surface area contributed by atoms with Crippen LogP contribution >= 0.6 is 22.7 Å². The highest BCUT2D eigenvalue weighted by molar-refractivity contribution is 7.22. The number of thiazole rings is 1. The molecule has 0 saturated heterocycles. The lowest BCUT2D eigenvalue weighted by atomic mass is 10.0. The van der Waals surface area contributed by atoms with Gasteiger partial charge in [0.15, 0.2) is 0 Å². The summed E-state index contributed by atoms with van der Waals surface area (Å²) in [4.78, 5) is 18.9. The summed E-state index contributed by atoms with van der Waals surface area (Å²) in [6.45, 7) is 6.78. The van der Waals surface area contributed by atoms with E-state index in [1.54, 1.807) is 11.3 Å². The van der Waals surface area contributed by atoms with E-state index >= 15 is 0 Å². The van der Waals surface area contributed by atoms with E-state index in [1.807, 2.05) is 48.7 Å². The van der Waals surface area contributed by atoms with E-state index < -0.39 is 0 Å². The van der Waals surface area contributed by atoms with E-state index in [0.717, 1.165) is 41.9 Å². The molecule has 0 atom stereocenters. The number of fused-ring (bicyclic) bond motifs is 2. The van der Waals surface area contributed by atoms with Crippen LogP contribution in [0.1, 0.15) is 29.9 Å². The first-order valence-corrected chi connectivity index (χ1v) is 12.6. The molecular weight excluding hydrogens is 434 g/mol. The number of anilines is 1. The molecule has 1 aliphatic rings. The second kappa shape index (κ2) is 10.4. The summed E-state index contributed by atoms with van der Waals surface area (Å²) in [5.41, 5.74) is 5.04. The molecule has 0 unspecified atom stereocenters. The van der Waals surface area contributed by atoms with E-state index in [2.05, 4.69) is 48.3 Å². The van der Waals surface area contributed by atoms with E-state index in [0.29, 0.717) is 12.5 Å². The molecule has 0 fully saturated rings. The first kappa shape index (κ1) is 22.6. The lowest BCUT2D eigenvalue weighted by Gasteiger charge is -2.30. The van der Waals surface area contributed by atoms with Gasteiger partial charge in [-0.1, -0.05) is 42.5 Å². The molecule has 2 aromatic carbocycles. The Bertz CT molecular complexity index is 1150. The number of carbonyl (C=O) groups is 1. The van der Waals surface area contributed by atoms with Crippen molar-refractivity contribution in [3.63, 3.8) is 0 Å². The van der Waals surface area contributed by atoms with Crippen LogP contribution in [0, 0.1) is 0 Å². The van der Waals surface area contributed by atoms with Gasteiger partial charge in [0.1, 0.15) is 11.3 Å². The number of hydrogen-bond donors (Lipinski definition) is 1. The van der Waals surface area contributed by atoms with Crippen molar-refractivity contribution in [3.8, 4) is 10.6 Å². The Labute approximate surface area is 197 Å². The van der Waals surface area contributed by atoms with E-state index in [4.69, 9.17) is 4.98 Å². The second-order valence-corrected chi connectivity index (χ2v) is 10.3. The fourth-order valence-corrected chi connectivity index (χ4v) is 6.29. The largest absolute Gasteiger partial charge is 0.379 e. The molecule has 0 bridgehead atoms. The highest BCUT2D eigenvalue weighted by atomic mass is 32.1. The summed E-state index contributed by atoms with van der Waals surface area (Å²) in [5.74, 6) is 0. The number of aromatic nitrogens is 1. The minimum atomic E-state index is 0.529. The van der Waals surface area contributed by atoms with E-state index in [1.165, 1.54) is 25.7 Å². The predicted molar refractivity (Wildman–Crippen MR) is 138 cm³/mol. The number of rotatable bonds is 5. The molecule has 32 heavy (non-hydrogen) atoms. The van der Waals surface area contributed by atoms with Crippen LogP contribution in [-0.4, -0.2) is 35.8 Å². The number of hydrogen-bond acceptors (Lipinski definition) is 6. The Hall–Kier alpha value is -2.54. The third kappa shape index (κ3) is 4.93. The van der Waals surface area contributed by atoms with Gasteiger partial charge in [-0.2, -0.15) is 0 Å². The quantitative estimate of drug-likeness (QED) is 0.355. The number of aldehydes is 1. The summed E-state index contributed by atoms with van der Waals surface area (Å²) < 4.78 is 1.27. The van der Waals surface area contributed by atoms with Gasteiger partial charge in [-0.25, -0.2) is 4.98 Å². The second-order valence-electron chi connectivity index (χ2n) is 8.12. The molecule has 0 saturated carbocycles. The van der Waals surface area contributed by atoms with Gasteiger partial charge in [-0.3, -0.25) is 4.90 Å². The highest BCUT2D eigenvalue weighted by Gasteiger charge is 2.27. The zero-order chi connectivity index (χ0) is 22.5. The van der Waals surface area contributed by atoms with Gasteiger partial charge < -0.3 is 10.1 Å². The van der Waals surface area contributed by atoms with Gasteiger partial charge in [-0.15, -0.1) is 22.7 Å². The monoisotopic (exact) mass is 463 g/mol. The Balaban J connectivity index is 0.000000230. The van der Waals surface area contributed by atoms with Gasteiger partial charge >= 0.3 is 0 Å². The first-order valence-electron chi connectivity index (χ1n) is 11.0. The van der Waals surface area contributed by atoms with Crippen molar-refractivity contribution in [2.75, 3.05) is 18.9 Å². The summed E-state index contributed by atoms with van der Waals surface area (Å²) in [6, 6.07) is 18.7. The zero-order valence-electron chi connectivity index (χ0n) is 18.8. The maximum absolute atomic E-state index is 9.97. The smallest absolute Gasteiger partial charge is 0.127 e. The number of para-hydroxylation sites is 1. The van der Waals surface area contributed by atoms with Crippen LogP contribution in [-0.2, 0) is 24.2 Å². The lowest BCUT2D eigenvalue weighted by Crippen LogP contribution is -2.35. The Morgan fingerprint density at radius 3 is 2.53 bits per heavy atom. The van der Waals surface area contributed by atoms with Crippen molar-refractivity contribution in [2.45, 2.75) is 39.3 Å². The van der Waals surface area contributed by atoms with Crippen LogP contribution in [0.5, 0.6) is 0 Å². The molecule has 4 nitrogen and oxygen atoms in total. The van der Waals surface area contributed by atoms with Crippen molar-refractivity contribution in [2.24, 2.45) is 0 Å². The van der Waals surface area contributed by atoms with Crippen LogP contribution < -0.4 is 5.32 Å². The number of carbonyl (C=O) groups excluding carboxylic acids is 1. The minimum Gasteiger partial charge on any atom is -0.379 e. The fourth-order valence-electron chi connectivity index (χ4n) is 3.96. The number of nitrogens with one attached hydrogen (secondary N) is 1. The maximum Gasteiger partial charge on any atom is 0.127 e. The third-order valence-electron chi connectivity index (χ3n) is 5.71. The molecule has 0 radical (unpaired) electrons. The summed E-state index contributed by atoms with van der Waals surface area (Å²) in [7, 11) is 2.02. The average Bonchev–Trinajstić information content (AvgIpc) is 3.40. The van der Waals surface area contributed by atoms with Gasteiger partial charge in [-0.05, 0) is 43.5 Å². The molecule has 166 valence electrons.